The van der Waals surface area contributed by atoms with Crippen molar-refractivity contribution in [2.24, 2.45) is 0 Å². The fraction of sp³-hybridized carbons (Fsp3) is 0.250. The summed E-state index contributed by atoms with van der Waals surface area (Å²) in [5.74, 6) is -0.843. The molecule has 0 radical (unpaired) electrons. The highest BCUT2D eigenvalue weighted by atomic mass is 35.5. The number of halogens is 2. The van der Waals surface area contributed by atoms with Crippen LogP contribution in [0.3, 0.4) is 0 Å². The number of hydrogen-bond donors (Lipinski definition) is 2. The Morgan fingerprint density at radius 1 is 1.36 bits per heavy atom. The molecule has 0 unspecified atom stereocenters. The summed E-state index contributed by atoms with van der Waals surface area (Å²) in [6.45, 7) is 0.553. The topological polar surface area (TPSA) is 62.2 Å². The van der Waals surface area contributed by atoms with Gasteiger partial charge in [0.1, 0.15) is 0 Å². The van der Waals surface area contributed by atoms with E-state index in [0.717, 1.165) is 5.56 Å². The highest BCUT2D eigenvalue weighted by molar-refractivity contribution is 5.85. The minimum absolute atomic E-state index is 0. The summed E-state index contributed by atoms with van der Waals surface area (Å²) in [6, 6.07) is 3.68. The summed E-state index contributed by atoms with van der Waals surface area (Å²) in [6.07, 6.45) is 3.36. The van der Waals surface area contributed by atoms with Gasteiger partial charge in [-0.25, -0.2) is 0 Å². The molecule has 14 heavy (non-hydrogen) atoms. The van der Waals surface area contributed by atoms with Gasteiger partial charge in [-0.3, -0.25) is 9.78 Å². The van der Waals surface area contributed by atoms with Gasteiger partial charge >= 0.3 is 5.97 Å². The van der Waals surface area contributed by atoms with Gasteiger partial charge in [0.25, 0.3) is 0 Å². The minimum atomic E-state index is -0.843. The third-order valence-electron chi connectivity index (χ3n) is 1.35. The van der Waals surface area contributed by atoms with Crippen molar-refractivity contribution in [3.05, 3.63) is 30.1 Å². The number of pyridine rings is 1. The molecule has 0 saturated heterocycles. The molecular formula is C8H12Cl2N2O2. The van der Waals surface area contributed by atoms with E-state index in [2.05, 4.69) is 10.3 Å². The largest absolute Gasteiger partial charge is 0.480 e. The molecule has 0 saturated carbocycles. The molecule has 0 aromatic carbocycles. The summed E-state index contributed by atoms with van der Waals surface area (Å²) in [7, 11) is 0. The lowest BCUT2D eigenvalue weighted by Crippen LogP contribution is -2.21. The molecule has 0 amide bonds. The van der Waals surface area contributed by atoms with Crippen LogP contribution in [0.1, 0.15) is 5.56 Å². The molecule has 0 aliphatic rings. The molecule has 0 bridgehead atoms. The molecule has 2 N–H and O–H groups in total. The van der Waals surface area contributed by atoms with Gasteiger partial charge in [-0.05, 0) is 17.7 Å². The Morgan fingerprint density at radius 3 is 2.43 bits per heavy atom. The number of carboxylic acids is 1. The summed E-state index contributed by atoms with van der Waals surface area (Å²) in [4.78, 5) is 14.0. The monoisotopic (exact) mass is 238 g/mol. The van der Waals surface area contributed by atoms with Gasteiger partial charge in [0.05, 0.1) is 6.54 Å². The second-order valence-corrected chi connectivity index (χ2v) is 2.35. The van der Waals surface area contributed by atoms with Gasteiger partial charge < -0.3 is 10.4 Å². The molecule has 0 spiro atoms. The van der Waals surface area contributed by atoms with Crippen molar-refractivity contribution in [3.8, 4) is 0 Å². The van der Waals surface area contributed by atoms with Crippen molar-refractivity contribution >= 4 is 30.8 Å². The normalized spacial score (nSPS) is 8.29. The molecule has 1 heterocycles. The number of rotatable bonds is 4. The maximum Gasteiger partial charge on any atom is 0.317 e. The summed E-state index contributed by atoms with van der Waals surface area (Å²) >= 11 is 0. The first-order valence-corrected chi connectivity index (χ1v) is 3.60. The second kappa shape index (κ2) is 8.74. The number of aromatic nitrogens is 1. The van der Waals surface area contributed by atoms with Crippen LogP contribution in [0.4, 0.5) is 0 Å². The lowest BCUT2D eigenvalue weighted by atomic mass is 10.3. The quantitative estimate of drug-likeness (QED) is 0.825. The van der Waals surface area contributed by atoms with Gasteiger partial charge in [-0.2, -0.15) is 0 Å². The van der Waals surface area contributed by atoms with Crippen LogP contribution < -0.4 is 5.32 Å². The highest BCUT2D eigenvalue weighted by Gasteiger charge is 1.94. The molecule has 80 valence electrons. The zero-order valence-electron chi connectivity index (χ0n) is 7.34. The third kappa shape index (κ3) is 6.65. The Labute approximate surface area is 94.6 Å². The number of hydrogen-bond acceptors (Lipinski definition) is 3. The molecule has 1 aromatic heterocycles. The van der Waals surface area contributed by atoms with Crippen LogP contribution in [0.5, 0.6) is 0 Å². The van der Waals surface area contributed by atoms with E-state index in [1.54, 1.807) is 12.4 Å². The average molecular weight is 239 g/mol. The Bertz CT molecular complexity index is 257. The van der Waals surface area contributed by atoms with Gasteiger partial charge in [0.15, 0.2) is 0 Å². The lowest BCUT2D eigenvalue weighted by Gasteiger charge is -1.99. The maximum absolute atomic E-state index is 10.1. The van der Waals surface area contributed by atoms with E-state index in [9.17, 15) is 4.79 Å². The molecule has 6 heteroatoms. The Kier molecular flexibility index (Phi) is 9.76. The van der Waals surface area contributed by atoms with Crippen LogP contribution in [-0.4, -0.2) is 22.6 Å². The Balaban J connectivity index is 0. The van der Waals surface area contributed by atoms with Crippen molar-refractivity contribution in [3.63, 3.8) is 0 Å². The summed E-state index contributed by atoms with van der Waals surface area (Å²) in [5.41, 5.74) is 1.03. The fourth-order valence-electron chi connectivity index (χ4n) is 0.814. The van der Waals surface area contributed by atoms with Gasteiger partial charge in [0, 0.05) is 18.9 Å². The number of aliphatic carboxylic acids is 1. The van der Waals surface area contributed by atoms with E-state index in [-0.39, 0.29) is 31.4 Å². The molecule has 0 aliphatic carbocycles. The molecule has 4 nitrogen and oxygen atoms in total. The van der Waals surface area contributed by atoms with Crippen molar-refractivity contribution < 1.29 is 9.90 Å². The lowest BCUT2D eigenvalue weighted by molar-refractivity contribution is -0.135. The molecule has 1 aromatic rings. The predicted molar refractivity (Wildman–Crippen MR) is 58.1 cm³/mol. The van der Waals surface area contributed by atoms with E-state index in [4.69, 9.17) is 5.11 Å². The number of carbonyl (C=O) groups is 1. The van der Waals surface area contributed by atoms with Crippen molar-refractivity contribution in [1.82, 2.24) is 10.3 Å². The molecule has 1 rings (SSSR count). The highest BCUT2D eigenvalue weighted by Crippen LogP contribution is 1.93. The molecule has 0 aliphatic heterocycles. The fourth-order valence-corrected chi connectivity index (χ4v) is 0.814. The van der Waals surface area contributed by atoms with Crippen LogP contribution >= 0.6 is 24.8 Å². The molecule has 0 atom stereocenters. The first-order valence-electron chi connectivity index (χ1n) is 3.60. The van der Waals surface area contributed by atoms with Crippen molar-refractivity contribution in [2.75, 3.05) is 6.54 Å². The number of carboxylic acid groups (broad SMARTS) is 1. The first-order chi connectivity index (χ1) is 5.79. The Morgan fingerprint density at radius 2 is 1.93 bits per heavy atom. The van der Waals surface area contributed by atoms with Gasteiger partial charge in [-0.1, -0.05) is 0 Å². The maximum atomic E-state index is 10.1. The van der Waals surface area contributed by atoms with Crippen LogP contribution in [0.15, 0.2) is 24.5 Å². The SMILES string of the molecule is Cl.Cl.O=C(O)CNCc1ccncc1. The van der Waals surface area contributed by atoms with Crippen LogP contribution in [0.2, 0.25) is 0 Å². The van der Waals surface area contributed by atoms with E-state index in [1.807, 2.05) is 12.1 Å². The number of nitrogens with zero attached hydrogens (tertiary/aromatic N) is 1. The molecular weight excluding hydrogens is 227 g/mol. The minimum Gasteiger partial charge on any atom is -0.480 e. The van der Waals surface area contributed by atoms with Crippen molar-refractivity contribution in [2.45, 2.75) is 6.54 Å². The van der Waals surface area contributed by atoms with Gasteiger partial charge in [0.2, 0.25) is 0 Å². The van der Waals surface area contributed by atoms with Crippen molar-refractivity contribution in [1.29, 1.82) is 0 Å². The van der Waals surface area contributed by atoms with E-state index < -0.39 is 5.97 Å². The van der Waals surface area contributed by atoms with Gasteiger partial charge in [-0.15, -0.1) is 24.8 Å². The van der Waals surface area contributed by atoms with E-state index >= 15 is 0 Å². The smallest absolute Gasteiger partial charge is 0.317 e. The first kappa shape index (κ1) is 15.6. The van der Waals surface area contributed by atoms with Crippen LogP contribution in [0.25, 0.3) is 0 Å². The van der Waals surface area contributed by atoms with E-state index in [1.165, 1.54) is 0 Å². The zero-order valence-corrected chi connectivity index (χ0v) is 8.98. The Hall–Kier alpha value is -0.840. The zero-order chi connectivity index (χ0) is 8.81. The van der Waals surface area contributed by atoms with Crippen LogP contribution in [-0.2, 0) is 11.3 Å². The number of nitrogens with one attached hydrogen (secondary N) is 1. The summed E-state index contributed by atoms with van der Waals surface area (Å²) < 4.78 is 0. The second-order valence-electron chi connectivity index (χ2n) is 2.35. The average Bonchev–Trinajstić information content (AvgIpc) is 2.05. The van der Waals surface area contributed by atoms with E-state index in [0.29, 0.717) is 6.54 Å². The predicted octanol–water partition coefficient (Wildman–Crippen LogP) is 1.10. The standard InChI is InChI=1S/C8H10N2O2.2ClH/c11-8(12)6-10-5-7-1-3-9-4-2-7;;/h1-4,10H,5-6H2,(H,11,12);2*1H. The molecule has 0 fully saturated rings. The summed E-state index contributed by atoms with van der Waals surface area (Å²) in [5, 5.41) is 11.1. The third-order valence-corrected chi connectivity index (χ3v) is 1.35. The van der Waals surface area contributed by atoms with Crippen LogP contribution in [0, 0.1) is 0 Å².